The van der Waals surface area contributed by atoms with Crippen LogP contribution < -0.4 is 20.5 Å². The largest absolute Gasteiger partial charge is 0.490 e. The van der Waals surface area contributed by atoms with E-state index in [2.05, 4.69) is 12.2 Å². The summed E-state index contributed by atoms with van der Waals surface area (Å²) in [6, 6.07) is 5.31. The SMILES string of the molecule is CCCCC(CN)NC(=O)c1ccc2c(c1)OCCCO2. The topological polar surface area (TPSA) is 73.6 Å². The number of fused-ring (bicyclic) bond motifs is 1. The number of hydrogen-bond donors (Lipinski definition) is 2. The maximum absolute atomic E-state index is 12.3. The Morgan fingerprint density at radius 3 is 2.81 bits per heavy atom. The molecule has 3 N–H and O–H groups in total. The minimum atomic E-state index is -0.114. The second-order valence-electron chi connectivity index (χ2n) is 5.26. The van der Waals surface area contributed by atoms with Crippen molar-refractivity contribution in [1.29, 1.82) is 0 Å². The standard InChI is InChI=1S/C16H24N2O3/c1-2-3-5-13(11-17)18-16(19)12-6-7-14-15(10-12)21-9-4-8-20-14/h6-7,10,13H,2-5,8-9,11,17H2,1H3,(H,18,19). The molecule has 0 aromatic heterocycles. The molecule has 2 rings (SSSR count). The molecule has 116 valence electrons. The number of amides is 1. The first-order valence-electron chi connectivity index (χ1n) is 7.65. The molecule has 1 unspecified atom stereocenters. The first-order valence-corrected chi connectivity index (χ1v) is 7.65. The molecule has 5 nitrogen and oxygen atoms in total. The van der Waals surface area contributed by atoms with Gasteiger partial charge in [0, 0.05) is 24.6 Å². The summed E-state index contributed by atoms with van der Waals surface area (Å²) in [7, 11) is 0. The van der Waals surface area contributed by atoms with Crippen molar-refractivity contribution < 1.29 is 14.3 Å². The Bertz CT molecular complexity index is 477. The molecule has 1 atom stereocenters. The molecule has 0 saturated carbocycles. The fourth-order valence-corrected chi connectivity index (χ4v) is 2.27. The number of carbonyl (C=O) groups excluding carboxylic acids is 1. The maximum Gasteiger partial charge on any atom is 0.251 e. The lowest BCUT2D eigenvalue weighted by Gasteiger charge is -2.17. The minimum Gasteiger partial charge on any atom is -0.490 e. The van der Waals surface area contributed by atoms with Gasteiger partial charge in [-0.1, -0.05) is 19.8 Å². The molecular formula is C16H24N2O3. The number of nitrogens with one attached hydrogen (secondary N) is 1. The summed E-state index contributed by atoms with van der Waals surface area (Å²) in [5.74, 6) is 1.22. The van der Waals surface area contributed by atoms with E-state index in [1.54, 1.807) is 18.2 Å². The van der Waals surface area contributed by atoms with E-state index in [1.807, 2.05) is 0 Å². The fourth-order valence-electron chi connectivity index (χ4n) is 2.27. The Labute approximate surface area is 125 Å². The van der Waals surface area contributed by atoms with Gasteiger partial charge in [-0.2, -0.15) is 0 Å². The molecule has 5 heteroatoms. The quantitative estimate of drug-likeness (QED) is 0.842. The van der Waals surface area contributed by atoms with Crippen LogP contribution in [0.3, 0.4) is 0 Å². The monoisotopic (exact) mass is 292 g/mol. The summed E-state index contributed by atoms with van der Waals surface area (Å²) in [5.41, 5.74) is 6.29. The smallest absolute Gasteiger partial charge is 0.251 e. The van der Waals surface area contributed by atoms with Crippen molar-refractivity contribution in [1.82, 2.24) is 5.32 Å². The summed E-state index contributed by atoms with van der Waals surface area (Å²) < 4.78 is 11.2. The Morgan fingerprint density at radius 1 is 1.33 bits per heavy atom. The van der Waals surface area contributed by atoms with Gasteiger partial charge in [0.05, 0.1) is 13.2 Å². The average Bonchev–Trinajstić information content (AvgIpc) is 2.75. The zero-order chi connectivity index (χ0) is 15.1. The number of hydrogen-bond acceptors (Lipinski definition) is 4. The van der Waals surface area contributed by atoms with E-state index in [1.165, 1.54) is 0 Å². The number of rotatable bonds is 6. The third-order valence-corrected chi connectivity index (χ3v) is 3.54. The number of ether oxygens (including phenoxy) is 2. The summed E-state index contributed by atoms with van der Waals surface area (Å²) in [6.45, 7) is 3.83. The highest BCUT2D eigenvalue weighted by molar-refractivity contribution is 5.95. The van der Waals surface area contributed by atoms with Crippen molar-refractivity contribution in [3.05, 3.63) is 23.8 Å². The van der Waals surface area contributed by atoms with Crippen LogP contribution >= 0.6 is 0 Å². The highest BCUT2D eigenvalue weighted by atomic mass is 16.5. The van der Waals surface area contributed by atoms with Gasteiger partial charge < -0.3 is 20.5 Å². The Kier molecular flexibility index (Phi) is 5.87. The van der Waals surface area contributed by atoms with Gasteiger partial charge in [0.25, 0.3) is 5.91 Å². The van der Waals surface area contributed by atoms with Crippen LogP contribution in [0.25, 0.3) is 0 Å². The van der Waals surface area contributed by atoms with E-state index in [-0.39, 0.29) is 11.9 Å². The molecule has 0 radical (unpaired) electrons. The summed E-state index contributed by atoms with van der Waals surface area (Å²) in [4.78, 5) is 12.3. The minimum absolute atomic E-state index is 0.0217. The lowest BCUT2D eigenvalue weighted by Crippen LogP contribution is -2.40. The van der Waals surface area contributed by atoms with E-state index >= 15 is 0 Å². The van der Waals surface area contributed by atoms with Gasteiger partial charge in [-0.3, -0.25) is 4.79 Å². The highest BCUT2D eigenvalue weighted by Gasteiger charge is 2.16. The lowest BCUT2D eigenvalue weighted by molar-refractivity contribution is 0.0935. The van der Waals surface area contributed by atoms with Crippen LogP contribution in [-0.4, -0.2) is 31.7 Å². The van der Waals surface area contributed by atoms with Crippen molar-refractivity contribution in [3.8, 4) is 11.5 Å². The molecule has 0 aliphatic carbocycles. The molecule has 1 aliphatic rings. The van der Waals surface area contributed by atoms with Crippen molar-refractivity contribution in [2.75, 3.05) is 19.8 Å². The third-order valence-electron chi connectivity index (χ3n) is 3.54. The van der Waals surface area contributed by atoms with E-state index in [0.717, 1.165) is 25.7 Å². The predicted octanol–water partition coefficient (Wildman–Crippen LogP) is 2.10. The van der Waals surface area contributed by atoms with Gasteiger partial charge in [0.2, 0.25) is 0 Å². The first-order chi connectivity index (χ1) is 10.2. The molecule has 0 fully saturated rings. The van der Waals surface area contributed by atoms with Gasteiger partial charge >= 0.3 is 0 Å². The van der Waals surface area contributed by atoms with E-state index in [0.29, 0.717) is 36.8 Å². The Balaban J connectivity index is 2.03. The molecule has 1 aromatic carbocycles. The van der Waals surface area contributed by atoms with Gasteiger partial charge in [-0.15, -0.1) is 0 Å². The maximum atomic E-state index is 12.3. The lowest BCUT2D eigenvalue weighted by atomic mass is 10.1. The second kappa shape index (κ2) is 7.88. The van der Waals surface area contributed by atoms with Crippen LogP contribution in [0.5, 0.6) is 11.5 Å². The fraction of sp³-hybridized carbons (Fsp3) is 0.562. The van der Waals surface area contributed by atoms with Crippen LogP contribution in [0.2, 0.25) is 0 Å². The normalized spacial score (nSPS) is 15.1. The summed E-state index contributed by atoms with van der Waals surface area (Å²) in [6.07, 6.45) is 3.91. The number of carbonyl (C=O) groups is 1. The zero-order valence-corrected chi connectivity index (χ0v) is 12.6. The van der Waals surface area contributed by atoms with Crippen LogP contribution in [-0.2, 0) is 0 Å². The third kappa shape index (κ3) is 4.36. The Morgan fingerprint density at radius 2 is 2.10 bits per heavy atom. The number of unbranched alkanes of at least 4 members (excludes halogenated alkanes) is 1. The summed E-state index contributed by atoms with van der Waals surface area (Å²) >= 11 is 0. The van der Waals surface area contributed by atoms with Crippen molar-refractivity contribution in [3.63, 3.8) is 0 Å². The summed E-state index contributed by atoms with van der Waals surface area (Å²) in [5, 5.41) is 2.98. The molecule has 0 saturated heterocycles. The molecule has 0 bridgehead atoms. The van der Waals surface area contributed by atoms with E-state index in [4.69, 9.17) is 15.2 Å². The van der Waals surface area contributed by atoms with Crippen molar-refractivity contribution >= 4 is 5.91 Å². The average molecular weight is 292 g/mol. The van der Waals surface area contributed by atoms with Crippen molar-refractivity contribution in [2.45, 2.75) is 38.6 Å². The van der Waals surface area contributed by atoms with Crippen molar-refractivity contribution in [2.24, 2.45) is 5.73 Å². The van der Waals surface area contributed by atoms with Crippen LogP contribution in [0.15, 0.2) is 18.2 Å². The highest BCUT2D eigenvalue weighted by Crippen LogP contribution is 2.30. The van der Waals surface area contributed by atoms with E-state index in [9.17, 15) is 4.79 Å². The van der Waals surface area contributed by atoms with Crippen LogP contribution in [0.4, 0.5) is 0 Å². The van der Waals surface area contributed by atoms with Crippen LogP contribution in [0, 0.1) is 0 Å². The molecular weight excluding hydrogens is 268 g/mol. The molecule has 1 aromatic rings. The van der Waals surface area contributed by atoms with Gasteiger partial charge in [-0.25, -0.2) is 0 Å². The zero-order valence-electron chi connectivity index (χ0n) is 12.6. The van der Waals surface area contributed by atoms with Gasteiger partial charge in [0.1, 0.15) is 0 Å². The van der Waals surface area contributed by atoms with E-state index < -0.39 is 0 Å². The van der Waals surface area contributed by atoms with Gasteiger partial charge in [-0.05, 0) is 24.6 Å². The predicted molar refractivity (Wildman–Crippen MR) is 81.9 cm³/mol. The first kappa shape index (κ1) is 15.6. The Hall–Kier alpha value is -1.75. The van der Waals surface area contributed by atoms with Gasteiger partial charge in [0.15, 0.2) is 11.5 Å². The number of nitrogens with two attached hydrogens (primary N) is 1. The molecule has 0 spiro atoms. The molecule has 1 heterocycles. The molecule has 1 amide bonds. The second-order valence-corrected chi connectivity index (χ2v) is 5.26. The van der Waals surface area contributed by atoms with Crippen LogP contribution in [0.1, 0.15) is 43.0 Å². The number of benzene rings is 1. The molecule has 1 aliphatic heterocycles. The molecule has 21 heavy (non-hydrogen) atoms.